The number of pyridine rings is 2. The Labute approximate surface area is 540 Å². The van der Waals surface area contributed by atoms with Gasteiger partial charge in [0.25, 0.3) is 5.56 Å². The molecule has 0 fully saturated rings. The van der Waals surface area contributed by atoms with Crippen LogP contribution in [0.2, 0.25) is 0 Å². The van der Waals surface area contributed by atoms with Gasteiger partial charge >= 0.3 is 18.2 Å². The van der Waals surface area contributed by atoms with Crippen LogP contribution in [0.1, 0.15) is 98.4 Å². The Morgan fingerprint density at radius 3 is 2.42 bits per heavy atom. The predicted octanol–water partition coefficient (Wildman–Crippen LogP) is 3.32. The maximum atomic E-state index is 14.4. The number of anilines is 1. The molecule has 0 aliphatic carbocycles. The highest BCUT2D eigenvalue weighted by molar-refractivity contribution is 7.98. The van der Waals surface area contributed by atoms with Crippen molar-refractivity contribution in [3.8, 4) is 23.2 Å². The summed E-state index contributed by atoms with van der Waals surface area (Å²) in [6, 6.07) is 13.0. The number of benzene rings is 2. The average Bonchev–Trinajstić information content (AvgIpc) is 1.67. The molecule has 4 aromatic heterocycles. The number of aromatic nitrogens is 7. The third kappa shape index (κ3) is 18.9. The lowest BCUT2D eigenvalue weighted by molar-refractivity contribution is -0.175. The van der Waals surface area contributed by atoms with Gasteiger partial charge in [0.1, 0.15) is 38.2 Å². The Morgan fingerprint density at radius 2 is 1.69 bits per heavy atom. The molecule has 0 unspecified atom stereocenters. The van der Waals surface area contributed by atoms with Gasteiger partial charge in [-0.25, -0.2) is 42.4 Å². The van der Waals surface area contributed by atoms with Crippen molar-refractivity contribution in [1.29, 1.82) is 0 Å². The molecule has 494 valence electrons. The van der Waals surface area contributed by atoms with Crippen LogP contribution in [0.25, 0.3) is 22.3 Å². The molecular formula is C62H74N14O15S2. The number of carbonyl (C=O) groups is 7. The Balaban J connectivity index is 0.767. The van der Waals surface area contributed by atoms with Crippen molar-refractivity contribution in [1.82, 2.24) is 60.1 Å². The standard InChI is InChI=1S/C62H74N14O15S2/c1-6-62(48-29-51-55-46(34-75(51)57(81)47(48)36-89-58(62)82)44(45-14-10-11-15-49(45)71-55)22-25-76(39(2)3)93(5,85)86)91-61(84)90-35-40-18-20-42(21-19-40)69-56(80)50(16-12-23-65-59(63)83)70-54(79)38-88-37-53(78)64-24-27-87-28-26-74-33-43(72-73-74)32-66-52(77)17-9-7-8-13-41-30-67-60(92-4)68-31-41/h10-11,14-15,18-21,29-31,33,39,50H,6-7,9,12,16-17,22-28,32,34-38H2,1-5H3,(H,64,78)(H,66,77)(H,69,80)(H,70,79)(H3,63,65,83)/t50-,62-/m0/s1. The number of hydrogen-bond acceptors (Lipinski definition) is 21. The number of nitrogens with zero attached hydrogens (tertiary/aromatic N) is 8. The van der Waals surface area contributed by atoms with E-state index in [1.807, 2.05) is 30.5 Å². The molecule has 7 N–H and O–H groups in total. The van der Waals surface area contributed by atoms with Crippen LogP contribution in [0.5, 0.6) is 0 Å². The van der Waals surface area contributed by atoms with Gasteiger partial charge in [0.15, 0.2) is 5.16 Å². The Kier molecular flexibility index (Phi) is 24.5. The quantitative estimate of drug-likeness (QED) is 0.0116. The lowest BCUT2D eigenvalue weighted by Gasteiger charge is -2.35. The van der Waals surface area contributed by atoms with E-state index in [1.165, 1.54) is 39.0 Å². The number of nitrogens with one attached hydrogen (secondary N) is 5. The molecule has 29 nitrogen and oxygen atoms in total. The van der Waals surface area contributed by atoms with Crippen molar-refractivity contribution in [3.05, 3.63) is 123 Å². The fraction of sp³-hybridized carbons (Fsp3) is 0.435. The largest absolute Gasteiger partial charge is 0.510 e. The fourth-order valence-electron chi connectivity index (χ4n) is 10.4. The molecule has 0 radical (unpaired) electrons. The predicted molar refractivity (Wildman–Crippen MR) is 339 cm³/mol. The highest BCUT2D eigenvalue weighted by atomic mass is 32.2. The monoisotopic (exact) mass is 1320 g/mol. The number of cyclic esters (lactones) is 1. The van der Waals surface area contributed by atoms with Crippen LogP contribution < -0.4 is 37.9 Å². The lowest BCUT2D eigenvalue weighted by atomic mass is 9.85. The number of nitrogens with two attached hydrogens (primary N) is 1. The molecule has 6 aromatic rings. The zero-order valence-electron chi connectivity index (χ0n) is 52.1. The zero-order valence-corrected chi connectivity index (χ0v) is 53.7. The SMILES string of the molecule is CC[C@@]1(OC(=O)OCc2ccc(NC(=O)[C@H](CCCNC(N)=O)NC(=O)COCC(=O)NCCOCCn3cc(CNC(=O)CCCC#Cc4cnc(SC)nc4)nn3)cc2)C(=O)OCc2c1cc1n(c2=O)Cc2c-1nc1ccccc1c2CCN(C(C)C)S(C)(=O)=O. The van der Waals surface area contributed by atoms with Gasteiger partial charge in [0.05, 0.1) is 73.3 Å². The van der Waals surface area contributed by atoms with Gasteiger partial charge in [-0.1, -0.05) is 66.1 Å². The highest BCUT2D eigenvalue weighted by Crippen LogP contribution is 2.42. The number of carbonyl (C=O) groups excluding carboxylic acids is 7. The van der Waals surface area contributed by atoms with E-state index in [2.05, 4.69) is 58.7 Å². The maximum Gasteiger partial charge on any atom is 0.510 e. The Morgan fingerprint density at radius 1 is 0.925 bits per heavy atom. The van der Waals surface area contributed by atoms with Gasteiger partial charge in [-0.3, -0.25) is 24.0 Å². The molecular weight excluding hydrogens is 1240 g/mol. The van der Waals surface area contributed by atoms with Gasteiger partial charge in [-0.15, -0.1) is 5.10 Å². The Hall–Kier alpha value is -9.35. The first kappa shape index (κ1) is 69.5. The molecule has 2 aliphatic heterocycles. The number of urea groups is 1. The van der Waals surface area contributed by atoms with Crippen LogP contribution in [0.3, 0.4) is 0 Å². The molecule has 6 heterocycles. The van der Waals surface area contributed by atoms with Crippen LogP contribution in [0.4, 0.5) is 15.3 Å². The van der Waals surface area contributed by atoms with Crippen LogP contribution in [-0.4, -0.2) is 160 Å². The minimum atomic E-state index is -3.55. The lowest BCUT2D eigenvalue weighted by Crippen LogP contribution is -2.47. The summed E-state index contributed by atoms with van der Waals surface area (Å²) in [6.45, 7) is 4.98. The first-order chi connectivity index (χ1) is 44.7. The number of hydrogen-bond donors (Lipinski definition) is 6. The van der Waals surface area contributed by atoms with Crippen molar-refractivity contribution in [2.24, 2.45) is 5.73 Å². The van der Waals surface area contributed by atoms with E-state index in [-0.39, 0.29) is 101 Å². The maximum absolute atomic E-state index is 14.4. The normalized spacial score (nSPS) is 14.2. The summed E-state index contributed by atoms with van der Waals surface area (Å²) in [4.78, 5) is 118. The summed E-state index contributed by atoms with van der Waals surface area (Å²) in [7, 11) is -3.55. The number of thioether (sulfide) groups is 1. The van der Waals surface area contributed by atoms with Gasteiger partial charge in [0.2, 0.25) is 39.3 Å². The topological polar surface area (TPSA) is 381 Å². The van der Waals surface area contributed by atoms with E-state index in [9.17, 15) is 46.8 Å². The van der Waals surface area contributed by atoms with Gasteiger partial charge in [-0.05, 0) is 87.6 Å². The molecule has 8 rings (SSSR count). The number of rotatable bonds is 32. The van der Waals surface area contributed by atoms with Crippen molar-refractivity contribution < 1.29 is 65.7 Å². The minimum Gasteiger partial charge on any atom is -0.457 e. The third-order valence-electron chi connectivity index (χ3n) is 15.0. The molecule has 31 heteroatoms. The first-order valence-corrected chi connectivity index (χ1v) is 33.1. The zero-order chi connectivity index (χ0) is 66.7. The molecule has 2 aromatic carbocycles. The van der Waals surface area contributed by atoms with Crippen molar-refractivity contribution >= 4 is 80.2 Å². The van der Waals surface area contributed by atoms with Crippen molar-refractivity contribution in [3.63, 3.8) is 0 Å². The number of primary amides is 1. The van der Waals surface area contributed by atoms with E-state index >= 15 is 0 Å². The Bertz CT molecular complexity index is 3950. The van der Waals surface area contributed by atoms with Crippen LogP contribution >= 0.6 is 11.8 Å². The van der Waals surface area contributed by atoms with Crippen molar-refractivity contribution in [2.75, 3.05) is 63.9 Å². The summed E-state index contributed by atoms with van der Waals surface area (Å²) >= 11 is 1.45. The summed E-state index contributed by atoms with van der Waals surface area (Å²) in [6.07, 6.45) is 8.78. The summed E-state index contributed by atoms with van der Waals surface area (Å²) in [5, 5.41) is 22.8. The first-order valence-electron chi connectivity index (χ1n) is 30.0. The number of esters is 1. The van der Waals surface area contributed by atoms with E-state index in [0.717, 1.165) is 16.5 Å². The van der Waals surface area contributed by atoms with E-state index in [4.69, 9.17) is 34.4 Å². The molecule has 93 heavy (non-hydrogen) atoms. The second-order valence-corrected chi connectivity index (χ2v) is 24.6. The fourth-order valence-corrected chi connectivity index (χ4v) is 11.9. The molecule has 0 saturated heterocycles. The van der Waals surface area contributed by atoms with Gasteiger partial charge in [0, 0.05) is 73.1 Å². The second kappa shape index (κ2) is 32.8. The summed E-state index contributed by atoms with van der Waals surface area (Å²) in [5.41, 5.74) is 7.92. The number of unbranched alkanes of at least 4 members (excludes halogenated alkanes) is 1. The molecule has 0 saturated carbocycles. The van der Waals surface area contributed by atoms with E-state index in [1.54, 1.807) is 62.2 Å². The minimum absolute atomic E-state index is 0.0657. The van der Waals surface area contributed by atoms with Gasteiger partial charge in [-0.2, -0.15) is 4.31 Å². The van der Waals surface area contributed by atoms with Crippen LogP contribution in [0, 0.1) is 11.8 Å². The van der Waals surface area contributed by atoms with Crippen LogP contribution in [-0.2, 0) is 103 Å². The second-order valence-electron chi connectivity index (χ2n) is 21.9. The summed E-state index contributed by atoms with van der Waals surface area (Å²) in [5.74, 6) is 3.13. The molecule has 6 amide bonds. The third-order valence-corrected chi connectivity index (χ3v) is 17.1. The summed E-state index contributed by atoms with van der Waals surface area (Å²) < 4.78 is 57.8. The average molecular weight is 1320 g/mol. The number of fused-ring (bicyclic) bond motifs is 5. The number of ether oxygens (including phenoxy) is 5. The number of para-hydroxylation sites is 1. The number of amides is 6. The van der Waals surface area contributed by atoms with E-state index in [0.29, 0.717) is 76.8 Å². The molecule has 2 aliphatic rings. The van der Waals surface area contributed by atoms with Gasteiger partial charge < -0.3 is 60.6 Å². The molecule has 2 atom stereocenters. The van der Waals surface area contributed by atoms with Crippen LogP contribution in [0.15, 0.2) is 83.1 Å². The molecule has 0 bridgehead atoms. The van der Waals surface area contributed by atoms with Crippen molar-refractivity contribution in [2.45, 2.75) is 121 Å². The smallest absolute Gasteiger partial charge is 0.457 e. The molecule has 0 spiro atoms. The van der Waals surface area contributed by atoms with E-state index < -0.39 is 76.3 Å². The number of sulfonamides is 1. The highest BCUT2D eigenvalue weighted by Gasteiger charge is 2.51.